The van der Waals surface area contributed by atoms with E-state index in [2.05, 4.69) is 6.58 Å². The lowest BCUT2D eigenvalue weighted by Gasteiger charge is -2.15. The molecule has 0 aromatic carbocycles. The topological polar surface area (TPSA) is 0 Å². The van der Waals surface area contributed by atoms with Crippen molar-refractivity contribution in [2.45, 2.75) is 31.1 Å². The van der Waals surface area contributed by atoms with Crippen molar-refractivity contribution in [3.05, 3.63) is 12.7 Å². The molecule has 0 fully saturated rings. The number of hydrogen-bond acceptors (Lipinski definition) is 0. The molecule has 0 N–H and O–H groups in total. The Hall–Kier alpha value is -0.680. The minimum absolute atomic E-state index is 0.204. The molecule has 0 spiro atoms. The largest absolute Gasteiger partial charge is 0.419 e. The third-order valence-corrected chi connectivity index (χ3v) is 1.38. The SMILES string of the molecule is C=CC(F)(F)CCC(F)C(F)(F)F. The number of allylic oxidation sites excluding steroid dienone is 1. The van der Waals surface area contributed by atoms with E-state index in [1.807, 2.05) is 0 Å². The Morgan fingerprint density at radius 2 is 1.62 bits per heavy atom. The number of hydrogen-bond donors (Lipinski definition) is 0. The summed E-state index contributed by atoms with van der Waals surface area (Å²) < 4.78 is 71.0. The first-order chi connectivity index (χ1) is 5.69. The van der Waals surface area contributed by atoms with Crippen molar-refractivity contribution in [1.82, 2.24) is 0 Å². The lowest BCUT2D eigenvalue weighted by Crippen LogP contribution is -2.26. The van der Waals surface area contributed by atoms with Gasteiger partial charge in [0.1, 0.15) is 0 Å². The molecule has 0 radical (unpaired) electrons. The van der Waals surface area contributed by atoms with Gasteiger partial charge in [-0.25, -0.2) is 13.2 Å². The summed E-state index contributed by atoms with van der Waals surface area (Å²) in [6.45, 7) is 2.72. The van der Waals surface area contributed by atoms with Crippen LogP contribution in [0.3, 0.4) is 0 Å². The fourth-order valence-corrected chi connectivity index (χ4v) is 0.585. The van der Waals surface area contributed by atoms with Crippen molar-refractivity contribution < 1.29 is 26.3 Å². The van der Waals surface area contributed by atoms with Crippen LogP contribution in [0.4, 0.5) is 26.3 Å². The zero-order chi connectivity index (χ0) is 10.7. The minimum Gasteiger partial charge on any atom is -0.237 e. The molecule has 0 aliphatic rings. The molecule has 0 amide bonds. The first-order valence-corrected chi connectivity index (χ1v) is 3.41. The highest BCUT2D eigenvalue weighted by atomic mass is 19.4. The van der Waals surface area contributed by atoms with E-state index in [1.165, 1.54) is 0 Å². The number of rotatable bonds is 4. The third kappa shape index (κ3) is 4.80. The Kier molecular flexibility index (Phi) is 3.81. The van der Waals surface area contributed by atoms with Crippen LogP contribution in [0.5, 0.6) is 0 Å². The van der Waals surface area contributed by atoms with Crippen LogP contribution in [-0.4, -0.2) is 18.3 Å². The monoisotopic (exact) mass is 206 g/mol. The van der Waals surface area contributed by atoms with Crippen LogP contribution < -0.4 is 0 Å². The van der Waals surface area contributed by atoms with Gasteiger partial charge >= 0.3 is 6.18 Å². The molecular formula is C7H8F6. The normalized spacial score (nSPS) is 15.5. The van der Waals surface area contributed by atoms with E-state index < -0.39 is 31.1 Å². The molecule has 0 aromatic rings. The first kappa shape index (κ1) is 12.3. The van der Waals surface area contributed by atoms with Crippen LogP contribution in [0.25, 0.3) is 0 Å². The van der Waals surface area contributed by atoms with Crippen LogP contribution in [-0.2, 0) is 0 Å². The molecule has 0 saturated heterocycles. The first-order valence-electron chi connectivity index (χ1n) is 3.41. The van der Waals surface area contributed by atoms with Crippen LogP contribution in [0, 0.1) is 0 Å². The Labute approximate surface area is 71.2 Å². The quantitative estimate of drug-likeness (QED) is 0.488. The van der Waals surface area contributed by atoms with E-state index in [-0.39, 0.29) is 6.08 Å². The summed E-state index contributed by atoms with van der Waals surface area (Å²) in [6.07, 6.45) is -10.5. The zero-order valence-corrected chi connectivity index (χ0v) is 6.54. The van der Waals surface area contributed by atoms with Crippen molar-refractivity contribution in [2.75, 3.05) is 0 Å². The lowest BCUT2D eigenvalue weighted by molar-refractivity contribution is -0.184. The highest BCUT2D eigenvalue weighted by Crippen LogP contribution is 2.30. The van der Waals surface area contributed by atoms with Gasteiger partial charge in [-0.15, -0.1) is 0 Å². The van der Waals surface area contributed by atoms with Gasteiger partial charge in [0.05, 0.1) is 0 Å². The molecule has 13 heavy (non-hydrogen) atoms. The third-order valence-electron chi connectivity index (χ3n) is 1.38. The molecule has 6 heteroatoms. The van der Waals surface area contributed by atoms with Crippen molar-refractivity contribution in [3.63, 3.8) is 0 Å². The van der Waals surface area contributed by atoms with Crippen molar-refractivity contribution in [2.24, 2.45) is 0 Å². The van der Waals surface area contributed by atoms with Gasteiger partial charge in [-0.2, -0.15) is 13.2 Å². The van der Waals surface area contributed by atoms with Gasteiger partial charge in [0.25, 0.3) is 5.92 Å². The fourth-order valence-electron chi connectivity index (χ4n) is 0.585. The second-order valence-corrected chi connectivity index (χ2v) is 2.51. The lowest BCUT2D eigenvalue weighted by atomic mass is 10.1. The maximum absolute atomic E-state index is 12.2. The van der Waals surface area contributed by atoms with Crippen LogP contribution in [0.15, 0.2) is 12.7 Å². The van der Waals surface area contributed by atoms with Crippen LogP contribution >= 0.6 is 0 Å². The predicted molar refractivity (Wildman–Crippen MR) is 35.3 cm³/mol. The van der Waals surface area contributed by atoms with Crippen LogP contribution in [0.2, 0.25) is 0 Å². The van der Waals surface area contributed by atoms with E-state index in [4.69, 9.17) is 0 Å². The molecular weight excluding hydrogens is 198 g/mol. The zero-order valence-electron chi connectivity index (χ0n) is 6.54. The molecule has 0 bridgehead atoms. The van der Waals surface area contributed by atoms with Crippen LogP contribution in [0.1, 0.15) is 12.8 Å². The molecule has 0 aromatic heterocycles. The van der Waals surface area contributed by atoms with Gasteiger partial charge in [0.15, 0.2) is 6.17 Å². The molecule has 1 unspecified atom stereocenters. The molecule has 0 rings (SSSR count). The molecule has 78 valence electrons. The molecule has 0 heterocycles. The Balaban J connectivity index is 3.97. The summed E-state index contributed by atoms with van der Waals surface area (Å²) in [7, 11) is 0. The predicted octanol–water partition coefficient (Wildman–Crippen LogP) is 3.49. The van der Waals surface area contributed by atoms with Crippen molar-refractivity contribution in [1.29, 1.82) is 0 Å². The second kappa shape index (κ2) is 4.02. The van der Waals surface area contributed by atoms with Gasteiger partial charge in [0, 0.05) is 6.42 Å². The summed E-state index contributed by atoms with van der Waals surface area (Å²) in [6, 6.07) is 0. The average Bonchev–Trinajstić information content (AvgIpc) is 1.98. The average molecular weight is 206 g/mol. The Bertz CT molecular complexity index is 170. The van der Waals surface area contributed by atoms with Crippen molar-refractivity contribution >= 4 is 0 Å². The molecule has 0 aliphatic carbocycles. The minimum atomic E-state index is -5.06. The van der Waals surface area contributed by atoms with E-state index in [9.17, 15) is 26.3 Å². The fraction of sp³-hybridized carbons (Fsp3) is 0.714. The Morgan fingerprint density at radius 3 is 1.92 bits per heavy atom. The highest BCUT2D eigenvalue weighted by molar-refractivity contribution is 4.87. The summed E-state index contributed by atoms with van der Waals surface area (Å²) in [5, 5.41) is 0. The molecule has 0 saturated carbocycles. The van der Waals surface area contributed by atoms with Gasteiger partial charge in [-0.1, -0.05) is 6.58 Å². The maximum atomic E-state index is 12.2. The van der Waals surface area contributed by atoms with E-state index >= 15 is 0 Å². The van der Waals surface area contributed by atoms with E-state index in [1.54, 1.807) is 0 Å². The second-order valence-electron chi connectivity index (χ2n) is 2.51. The maximum Gasteiger partial charge on any atom is 0.419 e. The van der Waals surface area contributed by atoms with Gasteiger partial charge in [0.2, 0.25) is 0 Å². The van der Waals surface area contributed by atoms with Crippen molar-refractivity contribution in [3.8, 4) is 0 Å². The highest BCUT2D eigenvalue weighted by Gasteiger charge is 2.41. The molecule has 0 nitrogen and oxygen atoms in total. The van der Waals surface area contributed by atoms with Gasteiger partial charge in [-0.3, -0.25) is 0 Å². The summed E-state index contributed by atoms with van der Waals surface area (Å²) >= 11 is 0. The van der Waals surface area contributed by atoms with E-state index in [0.29, 0.717) is 0 Å². The summed E-state index contributed by atoms with van der Waals surface area (Å²) in [5.41, 5.74) is 0. The summed E-state index contributed by atoms with van der Waals surface area (Å²) in [4.78, 5) is 0. The molecule has 0 aliphatic heterocycles. The van der Waals surface area contributed by atoms with Gasteiger partial charge < -0.3 is 0 Å². The standard InChI is InChI=1S/C7H8F6/c1-2-6(9,10)4-3-5(8)7(11,12)13/h2,5H,1,3-4H2. The summed E-state index contributed by atoms with van der Waals surface area (Å²) in [5.74, 6) is -3.43. The number of alkyl halides is 6. The molecule has 1 atom stereocenters. The van der Waals surface area contributed by atoms with E-state index in [0.717, 1.165) is 0 Å². The van der Waals surface area contributed by atoms with Gasteiger partial charge in [-0.05, 0) is 12.5 Å². The number of halogens is 6. The Morgan fingerprint density at radius 1 is 1.15 bits per heavy atom. The smallest absolute Gasteiger partial charge is 0.237 e.